The third kappa shape index (κ3) is 5.60. The van der Waals surface area contributed by atoms with Crippen molar-refractivity contribution in [2.75, 3.05) is 13.2 Å². The van der Waals surface area contributed by atoms with Crippen LogP contribution in [0.1, 0.15) is 31.0 Å². The molecule has 8 heteroatoms. The topological polar surface area (TPSA) is 63.0 Å². The second-order valence-corrected chi connectivity index (χ2v) is 7.61. The summed E-state index contributed by atoms with van der Waals surface area (Å²) in [7, 11) is 0. The van der Waals surface area contributed by atoms with Crippen molar-refractivity contribution in [3.05, 3.63) is 53.3 Å². The standard InChI is InChI=1S/C20H25N5OS.HI/c1-2-21-19(23-12-17-13-25-9-10-27-20(25)24-17)22-11-16-5-3-4-6-18(16)26-14-15-7-8-15;/h3-6,9-10,13,15H,2,7-8,11-12,14H2,1H3,(H2,21,22,23);1H. The van der Waals surface area contributed by atoms with E-state index in [0.717, 1.165) is 47.0 Å². The molecule has 0 spiro atoms. The van der Waals surface area contributed by atoms with Crippen molar-refractivity contribution < 1.29 is 4.74 Å². The molecule has 0 saturated heterocycles. The molecule has 6 nitrogen and oxygen atoms in total. The fourth-order valence-electron chi connectivity index (χ4n) is 2.81. The van der Waals surface area contributed by atoms with Gasteiger partial charge in [-0.05, 0) is 31.7 Å². The Morgan fingerprint density at radius 3 is 2.96 bits per heavy atom. The summed E-state index contributed by atoms with van der Waals surface area (Å²) in [6, 6.07) is 8.17. The third-order valence-electron chi connectivity index (χ3n) is 4.48. The molecule has 0 bridgehead atoms. The van der Waals surface area contributed by atoms with Crippen molar-refractivity contribution >= 4 is 46.2 Å². The van der Waals surface area contributed by atoms with E-state index >= 15 is 0 Å². The number of imidazole rings is 1. The number of benzene rings is 1. The minimum absolute atomic E-state index is 0. The summed E-state index contributed by atoms with van der Waals surface area (Å²) in [5.74, 6) is 2.47. The molecular weight excluding hydrogens is 485 g/mol. The van der Waals surface area contributed by atoms with Crippen molar-refractivity contribution in [3.63, 3.8) is 0 Å². The number of thiazole rings is 1. The van der Waals surface area contributed by atoms with E-state index in [1.807, 2.05) is 40.4 Å². The lowest BCUT2D eigenvalue weighted by atomic mass is 10.2. The van der Waals surface area contributed by atoms with Gasteiger partial charge >= 0.3 is 0 Å². The van der Waals surface area contributed by atoms with Crippen LogP contribution in [-0.4, -0.2) is 28.5 Å². The first-order valence-corrected chi connectivity index (χ1v) is 10.3. The van der Waals surface area contributed by atoms with Gasteiger partial charge in [0, 0.05) is 29.9 Å². The normalized spacial score (nSPS) is 14.0. The molecule has 28 heavy (non-hydrogen) atoms. The average molecular weight is 511 g/mol. The van der Waals surface area contributed by atoms with Gasteiger partial charge in [-0.15, -0.1) is 35.3 Å². The minimum atomic E-state index is 0. The summed E-state index contributed by atoms with van der Waals surface area (Å²) in [5, 5.41) is 8.70. The van der Waals surface area contributed by atoms with E-state index in [9.17, 15) is 0 Å². The second-order valence-electron chi connectivity index (χ2n) is 6.74. The number of aromatic nitrogens is 2. The number of fused-ring (bicyclic) bond motifs is 1. The van der Waals surface area contributed by atoms with Crippen LogP contribution in [0.4, 0.5) is 0 Å². The average Bonchev–Trinajstić information content (AvgIpc) is 3.28. The number of halogens is 1. The Morgan fingerprint density at radius 1 is 1.32 bits per heavy atom. The maximum atomic E-state index is 5.99. The SMILES string of the molecule is CCNC(=NCc1ccccc1OCC1CC1)NCc1cn2ccsc2n1.I. The van der Waals surface area contributed by atoms with Crippen molar-refractivity contribution in [2.24, 2.45) is 10.9 Å². The van der Waals surface area contributed by atoms with Crippen LogP contribution in [0, 0.1) is 5.92 Å². The van der Waals surface area contributed by atoms with Gasteiger partial charge in [-0.25, -0.2) is 9.98 Å². The molecule has 0 radical (unpaired) electrons. The zero-order valence-electron chi connectivity index (χ0n) is 15.9. The lowest BCUT2D eigenvalue weighted by molar-refractivity contribution is 0.297. The van der Waals surface area contributed by atoms with Crippen LogP contribution in [-0.2, 0) is 13.1 Å². The smallest absolute Gasteiger partial charge is 0.193 e. The van der Waals surface area contributed by atoms with Gasteiger partial charge in [-0.2, -0.15) is 0 Å². The molecule has 2 aromatic heterocycles. The maximum absolute atomic E-state index is 5.99. The van der Waals surface area contributed by atoms with Crippen molar-refractivity contribution in [2.45, 2.75) is 32.9 Å². The summed E-state index contributed by atoms with van der Waals surface area (Å²) in [4.78, 5) is 10.3. The number of ether oxygens (including phenoxy) is 1. The number of nitrogens with one attached hydrogen (secondary N) is 2. The van der Waals surface area contributed by atoms with Gasteiger partial charge in [-0.1, -0.05) is 18.2 Å². The van der Waals surface area contributed by atoms with Gasteiger partial charge in [0.05, 0.1) is 25.4 Å². The fraction of sp³-hybridized carbons (Fsp3) is 0.400. The number of aliphatic imine (C=N–C) groups is 1. The molecule has 1 saturated carbocycles. The van der Waals surface area contributed by atoms with Crippen LogP contribution < -0.4 is 15.4 Å². The zero-order valence-corrected chi connectivity index (χ0v) is 19.1. The van der Waals surface area contributed by atoms with Crippen LogP contribution in [0.2, 0.25) is 0 Å². The highest BCUT2D eigenvalue weighted by Gasteiger charge is 2.22. The Labute approximate surface area is 186 Å². The first-order valence-electron chi connectivity index (χ1n) is 9.46. The van der Waals surface area contributed by atoms with E-state index in [0.29, 0.717) is 13.1 Å². The van der Waals surface area contributed by atoms with E-state index in [1.165, 1.54) is 12.8 Å². The molecule has 0 aliphatic heterocycles. The van der Waals surface area contributed by atoms with E-state index < -0.39 is 0 Å². The van der Waals surface area contributed by atoms with Crippen molar-refractivity contribution in [1.82, 2.24) is 20.0 Å². The second kappa shape index (κ2) is 10.1. The van der Waals surface area contributed by atoms with Gasteiger partial charge in [-0.3, -0.25) is 4.40 Å². The Kier molecular flexibility index (Phi) is 7.55. The van der Waals surface area contributed by atoms with E-state index in [2.05, 4.69) is 28.6 Å². The van der Waals surface area contributed by atoms with Crippen LogP contribution >= 0.6 is 35.3 Å². The van der Waals surface area contributed by atoms with Gasteiger partial charge < -0.3 is 15.4 Å². The largest absolute Gasteiger partial charge is 0.493 e. The first kappa shape index (κ1) is 20.9. The lowest BCUT2D eigenvalue weighted by Crippen LogP contribution is -2.36. The van der Waals surface area contributed by atoms with E-state index in [-0.39, 0.29) is 24.0 Å². The molecular formula is C20H26IN5OS. The molecule has 2 N–H and O–H groups in total. The third-order valence-corrected chi connectivity index (χ3v) is 5.25. The molecule has 0 unspecified atom stereocenters. The van der Waals surface area contributed by atoms with Gasteiger partial charge in [0.2, 0.25) is 0 Å². The molecule has 1 aromatic carbocycles. The van der Waals surface area contributed by atoms with E-state index in [1.54, 1.807) is 11.3 Å². The summed E-state index contributed by atoms with van der Waals surface area (Å²) >= 11 is 1.64. The first-order chi connectivity index (χ1) is 13.3. The highest BCUT2D eigenvalue weighted by molar-refractivity contribution is 14.0. The Balaban J connectivity index is 0.00000225. The predicted molar refractivity (Wildman–Crippen MR) is 125 cm³/mol. The number of hydrogen-bond acceptors (Lipinski definition) is 4. The van der Waals surface area contributed by atoms with Gasteiger partial charge in [0.15, 0.2) is 10.9 Å². The summed E-state index contributed by atoms with van der Waals surface area (Å²) in [5.41, 5.74) is 2.11. The minimum Gasteiger partial charge on any atom is -0.493 e. The molecule has 1 aliphatic rings. The molecule has 4 rings (SSSR count). The van der Waals surface area contributed by atoms with Crippen molar-refractivity contribution in [3.8, 4) is 5.75 Å². The molecule has 1 aliphatic carbocycles. The molecule has 2 heterocycles. The van der Waals surface area contributed by atoms with Crippen molar-refractivity contribution in [1.29, 1.82) is 0 Å². The maximum Gasteiger partial charge on any atom is 0.193 e. The summed E-state index contributed by atoms with van der Waals surface area (Å²) in [6.45, 7) is 4.91. The molecule has 0 amide bonds. The Morgan fingerprint density at radius 2 is 2.18 bits per heavy atom. The molecule has 1 fully saturated rings. The van der Waals surface area contributed by atoms with Crippen LogP contribution in [0.15, 0.2) is 47.0 Å². The zero-order chi connectivity index (χ0) is 18.5. The van der Waals surface area contributed by atoms with Crippen LogP contribution in [0.25, 0.3) is 4.96 Å². The number of rotatable bonds is 8. The quantitative estimate of drug-likeness (QED) is 0.272. The Bertz CT molecular complexity index is 890. The molecule has 150 valence electrons. The number of hydrogen-bond donors (Lipinski definition) is 2. The highest BCUT2D eigenvalue weighted by Crippen LogP contribution is 2.30. The van der Waals surface area contributed by atoms with Gasteiger partial charge in [0.1, 0.15) is 5.75 Å². The summed E-state index contributed by atoms with van der Waals surface area (Å²) in [6.07, 6.45) is 6.65. The molecule has 3 aromatic rings. The van der Waals surface area contributed by atoms with Crippen LogP contribution in [0.3, 0.4) is 0 Å². The monoisotopic (exact) mass is 511 g/mol. The predicted octanol–water partition coefficient (Wildman–Crippen LogP) is 4.06. The Hall–Kier alpha value is -1.81. The molecule has 0 atom stereocenters. The summed E-state index contributed by atoms with van der Waals surface area (Å²) < 4.78 is 8.03. The number of para-hydroxylation sites is 1. The fourth-order valence-corrected chi connectivity index (χ4v) is 3.53. The number of nitrogens with zero attached hydrogens (tertiary/aromatic N) is 3. The highest BCUT2D eigenvalue weighted by atomic mass is 127. The lowest BCUT2D eigenvalue weighted by Gasteiger charge is -2.12. The number of guanidine groups is 1. The van der Waals surface area contributed by atoms with E-state index in [4.69, 9.17) is 9.73 Å². The van der Waals surface area contributed by atoms with Crippen LogP contribution in [0.5, 0.6) is 5.75 Å². The van der Waals surface area contributed by atoms with Gasteiger partial charge in [0.25, 0.3) is 0 Å².